The summed E-state index contributed by atoms with van der Waals surface area (Å²) < 4.78 is 5.06. The lowest BCUT2D eigenvalue weighted by molar-refractivity contribution is 0.728. The molecule has 4 heterocycles. The van der Waals surface area contributed by atoms with Gasteiger partial charge in [0.15, 0.2) is 0 Å². The molecule has 0 saturated heterocycles. The van der Waals surface area contributed by atoms with Crippen LogP contribution in [-0.2, 0) is 10.8 Å². The van der Waals surface area contributed by atoms with Crippen molar-refractivity contribution in [2.24, 2.45) is 0 Å². The van der Waals surface area contributed by atoms with Gasteiger partial charge in [-0.2, -0.15) is 0 Å². The lowest BCUT2D eigenvalue weighted by Crippen LogP contribution is -2.35. The van der Waals surface area contributed by atoms with Gasteiger partial charge in [0.1, 0.15) is 0 Å². The molecule has 0 amide bonds. The maximum absolute atomic E-state index is 2.53. The van der Waals surface area contributed by atoms with E-state index in [2.05, 4.69) is 252 Å². The Morgan fingerprint density at radius 2 is 0.591 bits per heavy atom. The second-order valence-electron chi connectivity index (χ2n) is 17.5. The third-order valence-corrected chi connectivity index (χ3v) is 14.6. The third-order valence-electron chi connectivity index (χ3n) is 14.6. The molecule has 0 saturated carbocycles. The van der Waals surface area contributed by atoms with E-state index >= 15 is 0 Å². The van der Waals surface area contributed by atoms with Crippen LogP contribution >= 0.6 is 0 Å². The van der Waals surface area contributed by atoms with Crippen LogP contribution in [0.25, 0.3) is 66.1 Å². The average molecular weight is 843 g/mol. The molecule has 0 N–H and O–H groups in total. The number of rotatable bonds is 5. The zero-order valence-electron chi connectivity index (χ0n) is 37.0. The Kier molecular flexibility index (Phi) is 8.51. The molecule has 0 aliphatic carbocycles. The van der Waals surface area contributed by atoms with Crippen LogP contribution in [0.1, 0.15) is 58.4 Å². The molecule has 66 heavy (non-hydrogen) atoms. The molecule has 2 heteroatoms. The maximum atomic E-state index is 2.53. The van der Waals surface area contributed by atoms with E-state index in [-0.39, 0.29) is 0 Å². The minimum Gasteiger partial charge on any atom is -0.309 e. The van der Waals surface area contributed by atoms with Gasteiger partial charge in [-0.3, -0.25) is 0 Å². The summed E-state index contributed by atoms with van der Waals surface area (Å²) in [5.74, 6) is 0. The smallest absolute Gasteiger partial charge is 0.0742 e. The van der Waals surface area contributed by atoms with Crippen LogP contribution in [0.2, 0.25) is 0 Å². The average Bonchev–Trinajstić information content (AvgIpc) is 3.92. The number of hydrogen-bond donors (Lipinski definition) is 0. The van der Waals surface area contributed by atoms with E-state index in [0.717, 1.165) is 0 Å². The van der Waals surface area contributed by atoms with E-state index in [1.807, 2.05) is 13.8 Å². The zero-order chi connectivity index (χ0) is 44.0. The molecular formula is C64H46N2. The lowest BCUT2D eigenvalue weighted by atomic mass is 9.63. The van der Waals surface area contributed by atoms with Crippen molar-refractivity contribution in [2.75, 3.05) is 0 Å². The Hall–Kier alpha value is -8.20. The van der Waals surface area contributed by atoms with Gasteiger partial charge in [0.05, 0.1) is 44.3 Å². The topological polar surface area (TPSA) is 9.86 Å². The summed E-state index contributed by atoms with van der Waals surface area (Å²) >= 11 is 0. The van der Waals surface area contributed by atoms with Gasteiger partial charge in [0, 0.05) is 21.5 Å². The summed E-state index contributed by atoms with van der Waals surface area (Å²) in [4.78, 5) is 0. The number of aromatic nitrogens is 2. The molecule has 2 aliphatic heterocycles. The van der Waals surface area contributed by atoms with Crippen LogP contribution in [0.3, 0.4) is 0 Å². The lowest BCUT2D eigenvalue weighted by Gasteiger charge is -2.41. The predicted octanol–water partition coefficient (Wildman–Crippen LogP) is 16.0. The van der Waals surface area contributed by atoms with Crippen molar-refractivity contribution in [1.82, 2.24) is 9.13 Å². The van der Waals surface area contributed by atoms with Crippen LogP contribution in [0.15, 0.2) is 243 Å². The first kappa shape index (κ1) is 38.3. The Morgan fingerprint density at radius 3 is 0.955 bits per heavy atom. The summed E-state index contributed by atoms with van der Waals surface area (Å²) in [6, 6.07) is 90.6. The van der Waals surface area contributed by atoms with E-state index in [1.54, 1.807) is 0 Å². The highest BCUT2D eigenvalue weighted by Gasteiger charge is 2.46. The van der Waals surface area contributed by atoms with Crippen molar-refractivity contribution in [3.8, 4) is 22.5 Å². The van der Waals surface area contributed by atoms with Crippen molar-refractivity contribution in [1.29, 1.82) is 0 Å². The van der Waals surface area contributed by atoms with E-state index in [0.29, 0.717) is 0 Å². The van der Waals surface area contributed by atoms with Gasteiger partial charge in [0.25, 0.3) is 0 Å². The van der Waals surface area contributed by atoms with Crippen molar-refractivity contribution in [2.45, 2.75) is 24.7 Å². The number of benzene rings is 10. The summed E-state index contributed by atoms with van der Waals surface area (Å²) in [6.07, 6.45) is 0. The number of fused-ring (bicyclic) bond motifs is 10. The molecule has 12 aromatic rings. The number of hydrogen-bond acceptors (Lipinski definition) is 0. The molecule has 0 radical (unpaired) electrons. The third kappa shape index (κ3) is 4.96. The quantitative estimate of drug-likeness (QED) is 0.163. The molecule has 0 fully saturated rings. The monoisotopic (exact) mass is 842 g/mol. The molecule has 0 spiro atoms. The van der Waals surface area contributed by atoms with Gasteiger partial charge in [0.2, 0.25) is 0 Å². The fourth-order valence-electron chi connectivity index (χ4n) is 12.2. The highest BCUT2D eigenvalue weighted by molar-refractivity contribution is 6.15. The molecule has 0 atom stereocenters. The number of para-hydroxylation sites is 4. The largest absolute Gasteiger partial charge is 0.309 e. The molecule has 2 aromatic heterocycles. The molecule has 2 nitrogen and oxygen atoms in total. The van der Waals surface area contributed by atoms with Gasteiger partial charge in [-0.25, -0.2) is 0 Å². The van der Waals surface area contributed by atoms with E-state index < -0.39 is 10.8 Å². The first-order valence-corrected chi connectivity index (χ1v) is 23.4. The Bertz CT molecular complexity index is 3490. The van der Waals surface area contributed by atoms with Crippen molar-refractivity contribution < 1.29 is 0 Å². The highest BCUT2D eigenvalue weighted by Crippen LogP contribution is 2.56. The molecule has 2 aliphatic rings. The summed E-state index contributed by atoms with van der Waals surface area (Å²) in [6.45, 7) is 4.00. The Balaban J connectivity index is 0.00000215. The van der Waals surface area contributed by atoms with Crippen LogP contribution in [0.4, 0.5) is 0 Å². The van der Waals surface area contributed by atoms with Crippen LogP contribution in [0, 0.1) is 0 Å². The van der Waals surface area contributed by atoms with Crippen LogP contribution in [0.5, 0.6) is 0 Å². The normalized spacial score (nSPS) is 13.8. The predicted molar refractivity (Wildman–Crippen MR) is 276 cm³/mol. The fourth-order valence-corrected chi connectivity index (χ4v) is 12.2. The van der Waals surface area contributed by atoms with Gasteiger partial charge < -0.3 is 9.13 Å². The van der Waals surface area contributed by atoms with Crippen LogP contribution < -0.4 is 0 Å². The second-order valence-corrected chi connectivity index (χ2v) is 17.5. The SMILES string of the molecule is CC.c1ccc(C2(c3ccccc3)c3ccccc3-n3c4ccc(-c5ccc6c(c5)c5cccc7c5n6-c5ccccc5C7(c5ccccc5)c5ccccc5)cc4c4cccc2c43)cc1. The summed E-state index contributed by atoms with van der Waals surface area (Å²) in [7, 11) is 0. The van der Waals surface area contributed by atoms with Crippen molar-refractivity contribution >= 4 is 43.6 Å². The summed E-state index contributed by atoms with van der Waals surface area (Å²) in [5, 5.41) is 5.05. The molecular weight excluding hydrogens is 797 g/mol. The molecule has 312 valence electrons. The molecule has 0 bridgehead atoms. The number of nitrogens with zero attached hydrogens (tertiary/aromatic N) is 2. The Morgan fingerprint density at radius 1 is 0.273 bits per heavy atom. The Labute approximate surface area is 385 Å². The minimum absolute atomic E-state index is 0.495. The fraction of sp³-hybridized carbons (Fsp3) is 0.0625. The van der Waals surface area contributed by atoms with Gasteiger partial charge in [-0.05, 0) is 92.0 Å². The molecule has 0 unspecified atom stereocenters. The maximum Gasteiger partial charge on any atom is 0.0742 e. The first-order valence-electron chi connectivity index (χ1n) is 23.4. The minimum atomic E-state index is -0.495. The molecule has 10 aromatic carbocycles. The summed E-state index contributed by atoms with van der Waals surface area (Å²) in [5.41, 5.74) is 19.1. The zero-order valence-corrected chi connectivity index (χ0v) is 37.0. The van der Waals surface area contributed by atoms with Gasteiger partial charge in [-0.1, -0.05) is 220 Å². The standard InChI is InChI=1S/C62H40N2.C2H6/c1-5-19-43(20-6-1)61(44-21-7-2-8-22-44)51-29-13-15-33-57(51)63-55-37-35-41(39-49(55)47-27-17-31-53(61)59(47)63)42-36-38-56-50(40-42)48-28-18-32-54-60(48)64(56)58-34-16-14-30-52(58)62(54,45-23-9-3-10-24-45)46-25-11-4-12-26-46;1-2/h1-40H;1-2H3. The highest BCUT2D eigenvalue weighted by atomic mass is 15.0. The van der Waals surface area contributed by atoms with Gasteiger partial charge >= 0.3 is 0 Å². The molecule has 14 rings (SSSR count). The second kappa shape index (κ2) is 14.7. The van der Waals surface area contributed by atoms with E-state index in [1.165, 1.54) is 111 Å². The van der Waals surface area contributed by atoms with Gasteiger partial charge in [-0.15, -0.1) is 0 Å². The first-order chi connectivity index (χ1) is 32.8. The van der Waals surface area contributed by atoms with E-state index in [9.17, 15) is 0 Å². The van der Waals surface area contributed by atoms with Crippen molar-refractivity contribution in [3.05, 3.63) is 287 Å². The van der Waals surface area contributed by atoms with Crippen molar-refractivity contribution in [3.63, 3.8) is 0 Å². The van der Waals surface area contributed by atoms with Crippen LogP contribution in [-0.4, -0.2) is 9.13 Å². The van der Waals surface area contributed by atoms with E-state index in [4.69, 9.17) is 0 Å².